The number of hydrogen-bond donors (Lipinski definition) is 2. The second-order valence-corrected chi connectivity index (χ2v) is 8.10. The summed E-state index contributed by atoms with van der Waals surface area (Å²) in [4.78, 5) is 48.9. The number of esters is 1. The Bertz CT molecular complexity index is 1030. The Hall–Kier alpha value is -3.10. The molecule has 2 N–H and O–H groups in total. The molecular weight excluding hydrogens is 457 g/mol. The second kappa shape index (κ2) is 10.5. The van der Waals surface area contributed by atoms with E-state index in [4.69, 9.17) is 27.9 Å². The normalized spacial score (nSPS) is 16.4. The van der Waals surface area contributed by atoms with Gasteiger partial charge in [0.05, 0.1) is 28.5 Å². The summed E-state index contributed by atoms with van der Waals surface area (Å²) in [6.07, 6.45) is -0.136. The van der Waals surface area contributed by atoms with E-state index in [9.17, 15) is 19.2 Å². The van der Waals surface area contributed by atoms with Crippen molar-refractivity contribution >= 4 is 46.9 Å². The lowest BCUT2D eigenvalue weighted by Gasteiger charge is -2.18. The van der Waals surface area contributed by atoms with Crippen LogP contribution in [-0.4, -0.2) is 41.9 Å². The number of carbonyl (C=O) groups is 4. The topological polar surface area (TPSA) is 105 Å². The quantitative estimate of drug-likeness (QED) is 0.596. The number of nitrogens with one attached hydrogen (secondary N) is 2. The van der Waals surface area contributed by atoms with Crippen LogP contribution in [0.2, 0.25) is 10.0 Å². The summed E-state index contributed by atoms with van der Waals surface area (Å²) in [5, 5.41) is 4.29. The Labute approximate surface area is 194 Å². The number of halogens is 2. The van der Waals surface area contributed by atoms with Gasteiger partial charge in [0.15, 0.2) is 6.61 Å². The van der Waals surface area contributed by atoms with Gasteiger partial charge < -0.3 is 10.1 Å². The van der Waals surface area contributed by atoms with Crippen molar-refractivity contribution in [1.29, 1.82) is 0 Å². The summed E-state index contributed by atoms with van der Waals surface area (Å²) in [5.74, 6) is -2.95. The fourth-order valence-electron chi connectivity index (χ4n) is 3.16. The van der Waals surface area contributed by atoms with Gasteiger partial charge >= 0.3 is 5.97 Å². The Morgan fingerprint density at radius 3 is 2.53 bits per heavy atom. The number of hydrazine groups is 1. The molecule has 1 aliphatic heterocycles. The minimum absolute atomic E-state index is 0.0627. The maximum absolute atomic E-state index is 12.3. The molecule has 0 unspecified atom stereocenters. The molecule has 2 aromatic carbocycles. The van der Waals surface area contributed by atoms with E-state index in [0.29, 0.717) is 5.02 Å². The van der Waals surface area contributed by atoms with Crippen molar-refractivity contribution in [2.24, 2.45) is 5.92 Å². The van der Waals surface area contributed by atoms with Crippen LogP contribution >= 0.6 is 23.2 Å². The molecule has 1 heterocycles. The van der Waals surface area contributed by atoms with Crippen LogP contribution in [0.3, 0.4) is 0 Å². The van der Waals surface area contributed by atoms with Crippen LogP contribution in [0.15, 0.2) is 48.5 Å². The largest absolute Gasteiger partial charge is 0.455 e. The first-order valence-electron chi connectivity index (χ1n) is 9.82. The highest BCUT2D eigenvalue weighted by molar-refractivity contribution is 6.42. The molecule has 0 aromatic heterocycles. The van der Waals surface area contributed by atoms with Crippen molar-refractivity contribution in [2.45, 2.75) is 19.4 Å². The van der Waals surface area contributed by atoms with E-state index < -0.39 is 36.2 Å². The molecule has 3 amide bonds. The van der Waals surface area contributed by atoms with E-state index in [2.05, 4.69) is 10.7 Å². The van der Waals surface area contributed by atoms with E-state index in [1.165, 1.54) is 18.2 Å². The third-order valence-electron chi connectivity index (χ3n) is 4.90. The number of rotatable bonds is 7. The van der Waals surface area contributed by atoms with Gasteiger partial charge in [-0.15, -0.1) is 0 Å². The number of carbonyl (C=O) groups excluding carboxylic acids is 4. The Kier molecular flexibility index (Phi) is 7.71. The highest BCUT2D eigenvalue weighted by Crippen LogP contribution is 2.23. The number of hydrogen-bond acceptors (Lipinski definition) is 5. The average molecular weight is 478 g/mol. The smallest absolute Gasteiger partial charge is 0.311 e. The molecule has 0 saturated carbocycles. The van der Waals surface area contributed by atoms with Gasteiger partial charge in [-0.2, -0.15) is 0 Å². The first-order valence-corrected chi connectivity index (χ1v) is 10.6. The zero-order chi connectivity index (χ0) is 23.3. The molecule has 0 radical (unpaired) electrons. The maximum atomic E-state index is 12.3. The number of benzene rings is 2. The molecule has 10 heteroatoms. The third kappa shape index (κ3) is 5.99. The number of nitrogens with zero attached hydrogens (tertiary/aromatic N) is 1. The van der Waals surface area contributed by atoms with E-state index in [1.54, 1.807) is 0 Å². The fourth-order valence-corrected chi connectivity index (χ4v) is 3.46. The van der Waals surface area contributed by atoms with Crippen LogP contribution in [0, 0.1) is 5.92 Å². The zero-order valence-corrected chi connectivity index (χ0v) is 18.7. The first kappa shape index (κ1) is 23.6. The van der Waals surface area contributed by atoms with Crippen LogP contribution in [0.5, 0.6) is 0 Å². The molecular formula is C22H21Cl2N3O5. The van der Waals surface area contributed by atoms with E-state index in [-0.39, 0.29) is 29.6 Å². The predicted octanol–water partition coefficient (Wildman–Crippen LogP) is 2.91. The van der Waals surface area contributed by atoms with Crippen molar-refractivity contribution in [3.63, 3.8) is 0 Å². The van der Waals surface area contributed by atoms with Gasteiger partial charge in [-0.05, 0) is 30.7 Å². The SMILES string of the molecule is C[C@H](NC(=O)COC(=O)[C@H]1CC(=O)N(NC(=O)c2ccc(Cl)c(Cl)c2)C1)c1ccccc1. The molecule has 168 valence electrons. The highest BCUT2D eigenvalue weighted by Gasteiger charge is 2.36. The van der Waals surface area contributed by atoms with E-state index >= 15 is 0 Å². The van der Waals surface area contributed by atoms with Gasteiger partial charge in [-0.3, -0.25) is 29.6 Å². The van der Waals surface area contributed by atoms with Crippen molar-refractivity contribution in [1.82, 2.24) is 15.8 Å². The molecule has 1 fully saturated rings. The molecule has 8 nitrogen and oxygen atoms in total. The van der Waals surface area contributed by atoms with Crippen molar-refractivity contribution in [3.8, 4) is 0 Å². The summed E-state index contributed by atoms with van der Waals surface area (Å²) >= 11 is 11.7. The summed E-state index contributed by atoms with van der Waals surface area (Å²) in [5.41, 5.74) is 3.57. The fraction of sp³-hybridized carbons (Fsp3) is 0.273. The van der Waals surface area contributed by atoms with Gasteiger partial charge in [-0.1, -0.05) is 53.5 Å². The van der Waals surface area contributed by atoms with Crippen molar-refractivity contribution in [3.05, 3.63) is 69.7 Å². The van der Waals surface area contributed by atoms with Crippen LogP contribution in [0.4, 0.5) is 0 Å². The lowest BCUT2D eigenvalue weighted by atomic mass is 10.1. The molecule has 2 atom stereocenters. The lowest BCUT2D eigenvalue weighted by Crippen LogP contribution is -2.43. The number of amides is 3. The maximum Gasteiger partial charge on any atom is 0.311 e. The van der Waals surface area contributed by atoms with Crippen LogP contribution in [0.1, 0.15) is 35.3 Å². The summed E-state index contributed by atoms with van der Waals surface area (Å²) < 4.78 is 5.07. The van der Waals surface area contributed by atoms with Crippen LogP contribution in [-0.2, 0) is 19.1 Å². The lowest BCUT2D eigenvalue weighted by molar-refractivity contribution is -0.152. The van der Waals surface area contributed by atoms with Crippen molar-refractivity contribution < 1.29 is 23.9 Å². The summed E-state index contributed by atoms with van der Waals surface area (Å²) in [7, 11) is 0. The van der Waals surface area contributed by atoms with Gasteiger partial charge in [0.25, 0.3) is 11.8 Å². The minimum Gasteiger partial charge on any atom is -0.455 e. The Morgan fingerprint density at radius 1 is 1.12 bits per heavy atom. The molecule has 1 saturated heterocycles. The minimum atomic E-state index is -0.795. The average Bonchev–Trinajstić information content (AvgIpc) is 3.14. The zero-order valence-electron chi connectivity index (χ0n) is 17.1. The van der Waals surface area contributed by atoms with Crippen LogP contribution < -0.4 is 10.7 Å². The molecule has 0 aliphatic carbocycles. The molecule has 1 aliphatic rings. The van der Waals surface area contributed by atoms with Gasteiger partial charge in [0.1, 0.15) is 0 Å². The van der Waals surface area contributed by atoms with E-state index in [1.807, 2.05) is 37.3 Å². The predicted molar refractivity (Wildman–Crippen MR) is 118 cm³/mol. The standard InChI is InChI=1S/C22H21Cl2N3O5/c1-13(14-5-3-2-4-6-14)25-19(28)12-32-22(31)16-10-20(29)27(11-16)26-21(30)15-7-8-17(23)18(24)9-15/h2-9,13,16H,10-12H2,1H3,(H,25,28)(H,26,30)/t13-,16-/m0/s1. The summed E-state index contributed by atoms with van der Waals surface area (Å²) in [6.45, 7) is 1.29. The van der Waals surface area contributed by atoms with Crippen molar-refractivity contribution in [2.75, 3.05) is 13.2 Å². The Balaban J connectivity index is 1.47. The summed E-state index contributed by atoms with van der Waals surface area (Å²) in [6, 6.07) is 13.4. The first-order chi connectivity index (χ1) is 15.2. The van der Waals surface area contributed by atoms with Gasteiger partial charge in [0.2, 0.25) is 5.91 Å². The molecule has 2 aromatic rings. The number of ether oxygens (including phenoxy) is 1. The molecule has 0 bridgehead atoms. The van der Waals surface area contributed by atoms with E-state index in [0.717, 1.165) is 10.6 Å². The molecule has 0 spiro atoms. The third-order valence-corrected chi connectivity index (χ3v) is 5.64. The molecule has 3 rings (SSSR count). The van der Waals surface area contributed by atoms with Crippen LogP contribution in [0.25, 0.3) is 0 Å². The monoisotopic (exact) mass is 477 g/mol. The van der Waals surface area contributed by atoms with Gasteiger partial charge in [-0.25, -0.2) is 0 Å². The second-order valence-electron chi connectivity index (χ2n) is 7.28. The highest BCUT2D eigenvalue weighted by atomic mass is 35.5. The van der Waals surface area contributed by atoms with Gasteiger partial charge in [0, 0.05) is 12.0 Å². The Morgan fingerprint density at radius 2 is 1.84 bits per heavy atom. The molecule has 32 heavy (non-hydrogen) atoms.